The molecule has 0 aliphatic rings. The van der Waals surface area contributed by atoms with E-state index in [1.807, 2.05) is 24.3 Å². The fourth-order valence-electron chi connectivity index (χ4n) is 1.86. The Hall–Kier alpha value is -2.28. The second-order valence-corrected chi connectivity index (χ2v) is 5.44. The third-order valence-electron chi connectivity index (χ3n) is 2.91. The lowest BCUT2D eigenvalue weighted by Gasteiger charge is -2.04. The van der Waals surface area contributed by atoms with Crippen LogP contribution in [0.15, 0.2) is 53.0 Å². The number of tetrazole rings is 1. The number of halogens is 2. The van der Waals surface area contributed by atoms with E-state index in [1.165, 1.54) is 16.9 Å². The molecule has 0 saturated heterocycles. The zero-order chi connectivity index (χ0) is 15.4. The summed E-state index contributed by atoms with van der Waals surface area (Å²) < 4.78 is 19.8. The van der Waals surface area contributed by atoms with Crippen LogP contribution in [0.1, 0.15) is 0 Å². The Morgan fingerprint density at radius 1 is 1.14 bits per heavy atom. The predicted octanol–water partition coefficient (Wildman–Crippen LogP) is 3.32. The largest absolute Gasteiger partial charge is 0.492 e. The second kappa shape index (κ2) is 6.65. The van der Waals surface area contributed by atoms with Gasteiger partial charge in [0.15, 0.2) is 0 Å². The standard InChI is InChI=1S/C15H12BrFN4O/c16-12-4-6-14(7-5-12)22-9-8-21-19-15(18-20-21)11-2-1-3-13(17)10-11/h1-7,10H,8-9H2. The summed E-state index contributed by atoms with van der Waals surface area (Å²) in [6.45, 7) is 0.874. The molecule has 0 N–H and O–H groups in total. The van der Waals surface area contributed by atoms with Gasteiger partial charge in [-0.3, -0.25) is 0 Å². The van der Waals surface area contributed by atoms with Crippen LogP contribution >= 0.6 is 15.9 Å². The molecule has 22 heavy (non-hydrogen) atoms. The minimum atomic E-state index is -0.326. The molecule has 3 aromatic rings. The highest BCUT2D eigenvalue weighted by Gasteiger charge is 2.06. The van der Waals surface area contributed by atoms with Gasteiger partial charge in [-0.1, -0.05) is 28.1 Å². The lowest BCUT2D eigenvalue weighted by atomic mass is 10.2. The molecular weight excluding hydrogens is 351 g/mol. The van der Waals surface area contributed by atoms with Gasteiger partial charge in [0.2, 0.25) is 5.82 Å². The van der Waals surface area contributed by atoms with Crippen molar-refractivity contribution in [1.82, 2.24) is 20.2 Å². The summed E-state index contributed by atoms with van der Waals surface area (Å²) in [5, 5.41) is 12.1. The third-order valence-corrected chi connectivity index (χ3v) is 3.44. The number of hydrogen-bond donors (Lipinski definition) is 0. The zero-order valence-corrected chi connectivity index (χ0v) is 13.1. The number of hydrogen-bond acceptors (Lipinski definition) is 4. The van der Waals surface area contributed by atoms with Crippen molar-refractivity contribution < 1.29 is 9.13 Å². The molecule has 0 spiro atoms. The highest BCUT2D eigenvalue weighted by molar-refractivity contribution is 9.10. The van der Waals surface area contributed by atoms with Crippen molar-refractivity contribution in [3.05, 3.63) is 58.8 Å². The Morgan fingerprint density at radius 3 is 2.73 bits per heavy atom. The number of aromatic nitrogens is 4. The number of nitrogens with zero attached hydrogens (tertiary/aromatic N) is 4. The van der Waals surface area contributed by atoms with Gasteiger partial charge >= 0.3 is 0 Å². The van der Waals surface area contributed by atoms with Gasteiger partial charge in [0, 0.05) is 10.0 Å². The van der Waals surface area contributed by atoms with E-state index >= 15 is 0 Å². The Balaban J connectivity index is 1.59. The first-order valence-electron chi connectivity index (χ1n) is 6.63. The van der Waals surface area contributed by atoms with Crippen LogP contribution in [0.25, 0.3) is 11.4 Å². The molecule has 0 radical (unpaired) electrons. The molecule has 2 aromatic carbocycles. The molecule has 1 aromatic heterocycles. The maximum absolute atomic E-state index is 13.2. The van der Waals surface area contributed by atoms with Crippen molar-refractivity contribution in [2.75, 3.05) is 6.61 Å². The van der Waals surface area contributed by atoms with Crippen molar-refractivity contribution >= 4 is 15.9 Å². The van der Waals surface area contributed by atoms with Gasteiger partial charge in [-0.2, -0.15) is 4.80 Å². The van der Waals surface area contributed by atoms with Crippen LogP contribution in [0.3, 0.4) is 0 Å². The van der Waals surface area contributed by atoms with E-state index in [2.05, 4.69) is 31.3 Å². The molecule has 5 nitrogen and oxygen atoms in total. The van der Waals surface area contributed by atoms with Crippen molar-refractivity contribution in [1.29, 1.82) is 0 Å². The maximum Gasteiger partial charge on any atom is 0.205 e. The second-order valence-electron chi connectivity index (χ2n) is 4.52. The van der Waals surface area contributed by atoms with Gasteiger partial charge in [0.25, 0.3) is 0 Å². The van der Waals surface area contributed by atoms with Crippen LogP contribution in [-0.2, 0) is 6.54 Å². The highest BCUT2D eigenvalue weighted by Crippen LogP contribution is 2.16. The molecule has 0 saturated carbocycles. The van der Waals surface area contributed by atoms with Crippen LogP contribution in [0.4, 0.5) is 4.39 Å². The minimum Gasteiger partial charge on any atom is -0.492 e. The molecule has 0 bridgehead atoms. The van der Waals surface area contributed by atoms with Crippen molar-refractivity contribution in [3.63, 3.8) is 0 Å². The zero-order valence-electron chi connectivity index (χ0n) is 11.5. The SMILES string of the molecule is Fc1cccc(-c2nnn(CCOc3ccc(Br)cc3)n2)c1. The molecule has 0 atom stereocenters. The summed E-state index contributed by atoms with van der Waals surface area (Å²) in [6.07, 6.45) is 0. The normalized spacial score (nSPS) is 10.6. The van der Waals surface area contributed by atoms with E-state index in [4.69, 9.17) is 4.74 Å². The van der Waals surface area contributed by atoms with Gasteiger partial charge in [-0.05, 0) is 41.6 Å². The van der Waals surface area contributed by atoms with Gasteiger partial charge in [-0.15, -0.1) is 10.2 Å². The van der Waals surface area contributed by atoms with Crippen LogP contribution in [0.5, 0.6) is 5.75 Å². The lowest BCUT2D eigenvalue weighted by Crippen LogP contribution is -2.11. The van der Waals surface area contributed by atoms with Crippen molar-refractivity contribution in [2.45, 2.75) is 6.54 Å². The summed E-state index contributed by atoms with van der Waals surface area (Å²) >= 11 is 3.37. The third kappa shape index (κ3) is 3.67. The summed E-state index contributed by atoms with van der Waals surface area (Å²) in [5.41, 5.74) is 0.597. The number of ether oxygens (including phenoxy) is 1. The Morgan fingerprint density at radius 2 is 1.95 bits per heavy atom. The van der Waals surface area contributed by atoms with E-state index in [-0.39, 0.29) is 5.82 Å². The molecule has 112 valence electrons. The van der Waals surface area contributed by atoms with E-state index in [9.17, 15) is 4.39 Å². The average Bonchev–Trinajstić information content (AvgIpc) is 2.98. The number of rotatable bonds is 5. The lowest BCUT2D eigenvalue weighted by molar-refractivity contribution is 0.280. The maximum atomic E-state index is 13.2. The van der Waals surface area contributed by atoms with E-state index in [1.54, 1.807) is 12.1 Å². The molecule has 0 unspecified atom stereocenters. The van der Waals surface area contributed by atoms with Gasteiger partial charge in [0.05, 0.1) is 6.54 Å². The number of benzene rings is 2. The van der Waals surface area contributed by atoms with Crippen molar-refractivity contribution in [3.8, 4) is 17.1 Å². The fourth-order valence-corrected chi connectivity index (χ4v) is 2.12. The smallest absolute Gasteiger partial charge is 0.205 e. The van der Waals surface area contributed by atoms with Gasteiger partial charge in [-0.25, -0.2) is 4.39 Å². The summed E-state index contributed by atoms with van der Waals surface area (Å²) in [5.74, 6) is 0.837. The van der Waals surface area contributed by atoms with Crippen LogP contribution in [0, 0.1) is 5.82 Å². The Bertz CT molecular complexity index is 760. The first-order chi connectivity index (χ1) is 10.7. The first kappa shape index (κ1) is 14.6. The average molecular weight is 363 g/mol. The van der Waals surface area contributed by atoms with E-state index in [0.717, 1.165) is 10.2 Å². The van der Waals surface area contributed by atoms with Crippen LogP contribution in [0.2, 0.25) is 0 Å². The van der Waals surface area contributed by atoms with Crippen molar-refractivity contribution in [2.24, 2.45) is 0 Å². The Kier molecular flexibility index (Phi) is 4.43. The monoisotopic (exact) mass is 362 g/mol. The van der Waals surface area contributed by atoms with E-state index < -0.39 is 0 Å². The molecule has 0 amide bonds. The van der Waals surface area contributed by atoms with Crippen LogP contribution < -0.4 is 4.74 Å². The Labute approximate surface area is 134 Å². The quantitative estimate of drug-likeness (QED) is 0.698. The summed E-state index contributed by atoms with van der Waals surface area (Å²) in [4.78, 5) is 1.43. The summed E-state index contributed by atoms with van der Waals surface area (Å²) in [7, 11) is 0. The summed E-state index contributed by atoms with van der Waals surface area (Å²) in [6, 6.07) is 13.7. The highest BCUT2D eigenvalue weighted by atomic mass is 79.9. The minimum absolute atomic E-state index is 0.326. The molecule has 1 heterocycles. The first-order valence-corrected chi connectivity index (χ1v) is 7.42. The molecule has 0 fully saturated rings. The van der Waals surface area contributed by atoms with Gasteiger partial charge < -0.3 is 4.74 Å². The molecule has 3 rings (SSSR count). The van der Waals surface area contributed by atoms with Gasteiger partial charge in [0.1, 0.15) is 18.2 Å². The molecule has 7 heteroatoms. The predicted molar refractivity (Wildman–Crippen MR) is 82.8 cm³/mol. The molecule has 0 aliphatic heterocycles. The molecular formula is C15H12BrFN4O. The molecule has 0 aliphatic carbocycles. The topological polar surface area (TPSA) is 52.8 Å². The fraction of sp³-hybridized carbons (Fsp3) is 0.133. The van der Waals surface area contributed by atoms with Crippen LogP contribution in [-0.4, -0.2) is 26.8 Å². The van der Waals surface area contributed by atoms with E-state index in [0.29, 0.717) is 24.5 Å².